The average Bonchev–Trinajstić information content (AvgIpc) is 3.86. The minimum absolute atomic E-state index is 0.0522. The molecule has 0 saturated heterocycles. The third-order valence-electron chi connectivity index (χ3n) is 15.9. The summed E-state index contributed by atoms with van der Waals surface area (Å²) in [7, 11) is 1.45. The van der Waals surface area contributed by atoms with Gasteiger partial charge in [0.2, 0.25) is 0 Å². The van der Waals surface area contributed by atoms with Crippen LogP contribution < -0.4 is 5.32 Å². The molecule has 9 atom stereocenters. The summed E-state index contributed by atoms with van der Waals surface area (Å²) in [5.41, 5.74) is 8.03. The third-order valence-corrected chi connectivity index (χ3v) is 17.4. The van der Waals surface area contributed by atoms with E-state index in [0.29, 0.717) is 46.0 Å². The summed E-state index contributed by atoms with van der Waals surface area (Å²) < 4.78 is 4.97. The van der Waals surface area contributed by atoms with E-state index >= 15 is 0 Å². The molecule has 4 saturated carbocycles. The number of allylic oxidation sites excluding steroid dienone is 3. The van der Waals surface area contributed by atoms with Gasteiger partial charge in [-0.05, 0) is 151 Å². The Morgan fingerprint density at radius 3 is 2.38 bits per heavy atom. The van der Waals surface area contributed by atoms with Crippen LogP contribution in [0, 0.1) is 51.2 Å². The molecule has 4 fully saturated rings. The molecule has 6 heteroatoms. The zero-order chi connectivity index (χ0) is 35.3. The second-order valence-electron chi connectivity index (χ2n) is 18.1. The fourth-order valence-corrected chi connectivity index (χ4v) is 14.9. The van der Waals surface area contributed by atoms with E-state index < -0.39 is 0 Å². The minimum Gasteiger partial charge on any atom is -0.465 e. The third kappa shape index (κ3) is 4.86. The number of nitrogens with zero attached hydrogens (tertiary/aromatic N) is 1. The number of hydrogen-bond donors (Lipinski definition) is 1. The van der Waals surface area contributed by atoms with Crippen LogP contribution in [-0.2, 0) is 4.74 Å². The first-order valence-electron chi connectivity index (χ1n) is 19.1. The van der Waals surface area contributed by atoms with E-state index in [0.717, 1.165) is 17.2 Å². The van der Waals surface area contributed by atoms with Gasteiger partial charge < -0.3 is 10.1 Å². The van der Waals surface area contributed by atoms with Crippen LogP contribution in [0.15, 0.2) is 64.7 Å². The Kier molecular flexibility index (Phi) is 8.19. The fourth-order valence-electron chi connectivity index (χ4n) is 13.5. The monoisotopic (exact) mass is 708 g/mol. The van der Waals surface area contributed by atoms with E-state index in [1.165, 1.54) is 80.7 Å². The van der Waals surface area contributed by atoms with E-state index in [1.807, 2.05) is 12.1 Å². The number of nitrogens with one attached hydrogen (secondary N) is 1. The van der Waals surface area contributed by atoms with Crippen LogP contribution in [0.3, 0.4) is 0 Å². The van der Waals surface area contributed by atoms with Gasteiger partial charge >= 0.3 is 5.97 Å². The maximum Gasteiger partial charge on any atom is 0.337 e. The van der Waals surface area contributed by atoms with Crippen molar-refractivity contribution in [2.45, 2.75) is 105 Å². The van der Waals surface area contributed by atoms with Gasteiger partial charge in [0.05, 0.1) is 18.4 Å². The van der Waals surface area contributed by atoms with Gasteiger partial charge in [-0.1, -0.05) is 65.0 Å². The van der Waals surface area contributed by atoms with Gasteiger partial charge in [0.15, 0.2) is 5.13 Å². The second-order valence-corrected chi connectivity index (χ2v) is 19.8. The molecule has 2 heterocycles. The zero-order valence-corrected chi connectivity index (χ0v) is 32.9. The Morgan fingerprint density at radius 2 is 1.68 bits per heavy atom. The highest BCUT2D eigenvalue weighted by atomic mass is 32.1. The van der Waals surface area contributed by atoms with Crippen molar-refractivity contribution >= 4 is 39.3 Å². The molecule has 50 heavy (non-hydrogen) atoms. The first-order valence-corrected chi connectivity index (χ1v) is 20.9. The lowest BCUT2D eigenvalue weighted by Crippen LogP contribution is -2.67. The van der Waals surface area contributed by atoms with Crippen molar-refractivity contribution in [1.29, 1.82) is 0 Å². The van der Waals surface area contributed by atoms with Crippen LogP contribution >= 0.6 is 22.7 Å². The normalized spacial score (nSPS) is 38.5. The maximum absolute atomic E-state index is 12.2. The van der Waals surface area contributed by atoms with Crippen LogP contribution in [0.2, 0.25) is 0 Å². The van der Waals surface area contributed by atoms with Crippen molar-refractivity contribution in [3.8, 4) is 11.3 Å². The van der Waals surface area contributed by atoms with Crippen molar-refractivity contribution in [2.75, 3.05) is 12.4 Å². The molecule has 4 nitrogen and oxygen atoms in total. The van der Waals surface area contributed by atoms with Crippen molar-refractivity contribution < 1.29 is 9.53 Å². The van der Waals surface area contributed by atoms with E-state index in [-0.39, 0.29) is 22.3 Å². The van der Waals surface area contributed by atoms with Gasteiger partial charge in [-0.15, -0.1) is 11.3 Å². The smallest absolute Gasteiger partial charge is 0.337 e. The van der Waals surface area contributed by atoms with Crippen molar-refractivity contribution in [2.24, 2.45) is 51.2 Å². The molecule has 1 N–H and O–H groups in total. The summed E-state index contributed by atoms with van der Waals surface area (Å²) in [6, 6.07) is 10.3. The molecule has 0 aliphatic heterocycles. The lowest BCUT2D eigenvalue weighted by molar-refractivity contribution is -0.216. The van der Waals surface area contributed by atoms with E-state index in [9.17, 15) is 4.79 Å². The van der Waals surface area contributed by atoms with Gasteiger partial charge in [-0.3, -0.25) is 0 Å². The minimum atomic E-state index is -0.272. The van der Waals surface area contributed by atoms with Crippen molar-refractivity contribution in [3.63, 3.8) is 0 Å². The zero-order valence-electron chi connectivity index (χ0n) is 31.2. The number of esters is 1. The molecule has 0 unspecified atom stereocenters. The highest BCUT2D eigenvalue weighted by molar-refractivity contribution is 7.14. The number of carbonyl (C=O) groups excluding carboxylic acids is 1. The van der Waals surface area contributed by atoms with Gasteiger partial charge in [0, 0.05) is 21.9 Å². The molecule has 5 aliphatic carbocycles. The van der Waals surface area contributed by atoms with Crippen LogP contribution in [0.25, 0.3) is 16.8 Å². The summed E-state index contributed by atoms with van der Waals surface area (Å²) in [6.07, 6.45) is 13.9. The first kappa shape index (κ1) is 34.4. The number of hydrogen-bond acceptors (Lipinski definition) is 6. The summed E-state index contributed by atoms with van der Waals surface area (Å²) in [5.74, 6) is 2.89. The number of rotatable bonds is 6. The number of methoxy groups -OCH3 is 1. The number of benzene rings is 1. The highest BCUT2D eigenvalue weighted by Crippen LogP contribution is 2.77. The molecular formula is C44H56N2O2S2. The number of anilines is 1. The van der Waals surface area contributed by atoms with E-state index in [2.05, 4.69) is 93.9 Å². The number of thiazole rings is 1. The number of ether oxygens (including phenoxy) is 1. The van der Waals surface area contributed by atoms with E-state index in [1.54, 1.807) is 22.7 Å². The lowest BCUT2D eigenvalue weighted by Gasteiger charge is -2.72. The summed E-state index contributed by atoms with van der Waals surface area (Å²) >= 11 is 3.53. The molecule has 2 aromatic heterocycles. The van der Waals surface area contributed by atoms with Gasteiger partial charge in [0.25, 0.3) is 0 Å². The molecule has 1 aromatic carbocycles. The summed E-state index contributed by atoms with van der Waals surface area (Å²) in [4.78, 5) is 17.3. The number of aromatic nitrogens is 1. The fraction of sp³-hybridized carbons (Fsp3) is 0.591. The second kappa shape index (κ2) is 11.9. The summed E-state index contributed by atoms with van der Waals surface area (Å²) in [5, 5.41) is 11.9. The number of carbonyl (C=O) groups is 1. The Hall–Kier alpha value is -2.70. The molecule has 0 amide bonds. The number of fused-ring (bicyclic) bond motifs is 7. The highest BCUT2D eigenvalue weighted by Gasteiger charge is 2.70. The van der Waals surface area contributed by atoms with Crippen LogP contribution in [0.5, 0.6) is 0 Å². The lowest BCUT2D eigenvalue weighted by atomic mass is 9.33. The van der Waals surface area contributed by atoms with Crippen LogP contribution in [-0.4, -0.2) is 23.6 Å². The van der Waals surface area contributed by atoms with Crippen LogP contribution in [0.1, 0.15) is 115 Å². The molecular weight excluding hydrogens is 653 g/mol. The average molecular weight is 709 g/mol. The van der Waals surface area contributed by atoms with E-state index in [4.69, 9.17) is 9.72 Å². The first-order chi connectivity index (χ1) is 23.8. The Balaban J connectivity index is 1.11. The van der Waals surface area contributed by atoms with Crippen molar-refractivity contribution in [1.82, 2.24) is 4.98 Å². The molecule has 5 aliphatic rings. The molecule has 266 valence electrons. The quantitative estimate of drug-likeness (QED) is 0.205. The number of thiophene rings is 1. The van der Waals surface area contributed by atoms with Gasteiger partial charge in [-0.2, -0.15) is 11.3 Å². The van der Waals surface area contributed by atoms with Gasteiger partial charge in [0.1, 0.15) is 0 Å². The molecule has 0 spiro atoms. The topological polar surface area (TPSA) is 51.2 Å². The maximum atomic E-state index is 12.2. The van der Waals surface area contributed by atoms with Gasteiger partial charge in [-0.25, -0.2) is 9.78 Å². The van der Waals surface area contributed by atoms with Crippen molar-refractivity contribution in [3.05, 3.63) is 75.8 Å². The molecule has 8 rings (SSSR count). The Bertz CT molecular complexity index is 1820. The molecule has 0 radical (unpaired) electrons. The largest absolute Gasteiger partial charge is 0.465 e. The summed E-state index contributed by atoms with van der Waals surface area (Å²) in [6.45, 7) is 20.1. The Morgan fingerprint density at radius 1 is 0.900 bits per heavy atom. The predicted molar refractivity (Wildman–Crippen MR) is 209 cm³/mol. The SMILES string of the molecule is C=C(C)[C@@H]1CC[C@]2(Nc3nc(-c4ccsc4)cs3)CC[C@]3(C)[C@H](CC[C@@H]4[C@@]5(C)CC=C(c6ccc(C(=O)OC)cc6)C(C)(C)[C@@H]5CC[C@]43C)[C@@H]12. The predicted octanol–water partition coefficient (Wildman–Crippen LogP) is 12.2. The standard InChI is InChI=1S/C44H56N2O2S2/c1-27(2)31-15-21-44(46-39-45-34(26-50-39)30-18-24-49-25-30)23-22-42(6)33(37(31)44)13-14-36-41(5)19-16-32(28-9-11-29(12-10-28)38(47)48-8)40(3,4)35(41)17-20-43(36,42)7/h9-12,16,18,24-26,31,33,35-37H,1,13-15,17,19-23H2,2-8H3,(H,45,46)/t31-,33+,35-,36+,37+,41-,42+,43+,44-/m0/s1. The molecule has 0 bridgehead atoms. The Labute approximate surface area is 308 Å². The van der Waals surface area contributed by atoms with Crippen LogP contribution in [0.4, 0.5) is 5.13 Å². The molecule has 3 aromatic rings.